The van der Waals surface area contributed by atoms with Crippen LogP contribution in [0.5, 0.6) is 5.75 Å². The summed E-state index contributed by atoms with van der Waals surface area (Å²) in [6.45, 7) is 4.41. The van der Waals surface area contributed by atoms with E-state index in [4.69, 9.17) is 17.0 Å². The van der Waals surface area contributed by atoms with Gasteiger partial charge in [-0.15, -0.1) is 0 Å². The molecule has 1 amide bonds. The molecule has 3 nitrogen and oxygen atoms in total. The lowest BCUT2D eigenvalue weighted by Gasteiger charge is -2.18. The van der Waals surface area contributed by atoms with Gasteiger partial charge in [0.1, 0.15) is 16.7 Å². The highest BCUT2D eigenvalue weighted by Crippen LogP contribution is 2.34. The summed E-state index contributed by atoms with van der Waals surface area (Å²) < 4.78 is 6.33. The van der Waals surface area contributed by atoms with Gasteiger partial charge in [0.05, 0.1) is 4.91 Å². The molecule has 0 aliphatic carbocycles. The van der Waals surface area contributed by atoms with E-state index in [1.807, 2.05) is 44.2 Å². The molecular weight excluding hydrogens is 302 g/mol. The Morgan fingerprint density at radius 2 is 2.14 bits per heavy atom. The van der Waals surface area contributed by atoms with E-state index in [0.717, 1.165) is 16.9 Å². The van der Waals surface area contributed by atoms with Crippen molar-refractivity contribution in [1.29, 1.82) is 0 Å². The lowest BCUT2D eigenvalue weighted by molar-refractivity contribution is -0.123. The first-order valence-electron chi connectivity index (χ1n) is 6.76. The average molecular weight is 317 g/mol. The molecule has 0 unspecified atom stereocenters. The first kappa shape index (κ1) is 14.4. The van der Waals surface area contributed by atoms with Gasteiger partial charge < -0.3 is 4.74 Å². The maximum Gasteiger partial charge on any atom is 0.266 e. The van der Waals surface area contributed by atoms with Gasteiger partial charge in [0.2, 0.25) is 0 Å². The molecule has 1 aromatic carbocycles. The van der Waals surface area contributed by atoms with Crippen LogP contribution >= 0.6 is 24.0 Å². The first-order chi connectivity index (χ1) is 10.1. The van der Waals surface area contributed by atoms with Gasteiger partial charge in [0, 0.05) is 11.6 Å². The quantitative estimate of drug-likeness (QED) is 0.615. The lowest BCUT2D eigenvalue weighted by Crippen LogP contribution is -2.34. The zero-order chi connectivity index (χ0) is 15.0. The van der Waals surface area contributed by atoms with Gasteiger partial charge in [-0.25, -0.2) is 0 Å². The molecule has 0 bridgehead atoms. The van der Waals surface area contributed by atoms with Crippen molar-refractivity contribution in [2.45, 2.75) is 19.9 Å². The predicted molar refractivity (Wildman–Crippen MR) is 90.2 cm³/mol. The van der Waals surface area contributed by atoms with E-state index in [1.165, 1.54) is 11.8 Å². The Hall–Kier alpha value is -1.59. The normalized spacial score (nSPS) is 19.9. The van der Waals surface area contributed by atoms with Crippen molar-refractivity contribution in [2.24, 2.45) is 0 Å². The second kappa shape index (κ2) is 5.66. The number of fused-ring (bicyclic) bond motifs is 1. The van der Waals surface area contributed by atoms with E-state index in [0.29, 0.717) is 15.8 Å². The molecule has 0 aromatic heterocycles. The summed E-state index contributed by atoms with van der Waals surface area (Å²) in [5, 5.41) is 0. The number of hydrogen-bond acceptors (Lipinski definition) is 4. The Morgan fingerprint density at radius 1 is 1.38 bits per heavy atom. The van der Waals surface area contributed by atoms with Crippen molar-refractivity contribution in [2.75, 3.05) is 6.61 Å². The molecular formula is C16H15NO2S2. The van der Waals surface area contributed by atoms with Crippen LogP contribution in [0.3, 0.4) is 0 Å². The van der Waals surface area contributed by atoms with Crippen molar-refractivity contribution in [1.82, 2.24) is 4.90 Å². The minimum atomic E-state index is -0.0141. The summed E-state index contributed by atoms with van der Waals surface area (Å²) in [6.07, 6.45) is 3.94. The van der Waals surface area contributed by atoms with Crippen molar-refractivity contribution in [3.63, 3.8) is 0 Å². The van der Waals surface area contributed by atoms with Crippen LogP contribution in [0.25, 0.3) is 6.08 Å². The van der Waals surface area contributed by atoms with Crippen molar-refractivity contribution >= 4 is 40.3 Å². The maximum atomic E-state index is 12.4. The van der Waals surface area contributed by atoms with Crippen molar-refractivity contribution in [3.8, 4) is 5.75 Å². The van der Waals surface area contributed by atoms with Crippen molar-refractivity contribution in [3.05, 3.63) is 46.4 Å². The summed E-state index contributed by atoms with van der Waals surface area (Å²) in [6, 6.07) is 7.95. The number of amides is 1. The van der Waals surface area contributed by atoms with Gasteiger partial charge in [-0.2, -0.15) is 0 Å². The average Bonchev–Trinajstić information content (AvgIpc) is 2.73. The van der Waals surface area contributed by atoms with Crippen LogP contribution in [0.1, 0.15) is 19.4 Å². The second-order valence-electron chi connectivity index (χ2n) is 5.19. The summed E-state index contributed by atoms with van der Waals surface area (Å²) in [4.78, 5) is 14.7. The number of hydrogen-bond donors (Lipinski definition) is 0. The highest BCUT2D eigenvalue weighted by Gasteiger charge is 2.33. The molecule has 1 aromatic rings. The molecule has 3 rings (SSSR count). The molecule has 0 N–H and O–H groups in total. The third kappa shape index (κ3) is 2.76. The zero-order valence-electron chi connectivity index (χ0n) is 11.8. The van der Waals surface area contributed by atoms with Crippen LogP contribution < -0.4 is 4.74 Å². The monoisotopic (exact) mass is 317 g/mol. The zero-order valence-corrected chi connectivity index (χ0v) is 13.5. The third-order valence-corrected chi connectivity index (χ3v) is 4.64. The Kier molecular flexibility index (Phi) is 3.87. The summed E-state index contributed by atoms with van der Waals surface area (Å²) in [7, 11) is 0. The molecule has 0 saturated carbocycles. The van der Waals surface area contributed by atoms with E-state index in [1.54, 1.807) is 4.90 Å². The second-order valence-corrected chi connectivity index (χ2v) is 6.87. The Morgan fingerprint density at radius 3 is 2.86 bits per heavy atom. The van der Waals surface area contributed by atoms with Gasteiger partial charge in [-0.3, -0.25) is 9.69 Å². The number of nitrogens with zero attached hydrogens (tertiary/aromatic N) is 1. The van der Waals surface area contributed by atoms with Crippen LogP contribution in [-0.4, -0.2) is 27.8 Å². The van der Waals surface area contributed by atoms with E-state index in [-0.39, 0.29) is 11.9 Å². The maximum absolute atomic E-state index is 12.4. The Labute approximate surface area is 133 Å². The van der Waals surface area contributed by atoms with Gasteiger partial charge in [-0.1, -0.05) is 42.2 Å². The number of ether oxygens (including phenoxy) is 1. The van der Waals surface area contributed by atoms with Crippen molar-refractivity contribution < 1.29 is 9.53 Å². The van der Waals surface area contributed by atoms with Gasteiger partial charge in [0.15, 0.2) is 0 Å². The number of rotatable bonds is 2. The smallest absolute Gasteiger partial charge is 0.266 e. The number of carbonyl (C=O) groups excluding carboxylic acids is 1. The molecule has 2 heterocycles. The molecule has 2 aliphatic heterocycles. The van der Waals surface area contributed by atoms with Crippen LogP contribution in [0.2, 0.25) is 0 Å². The Balaban J connectivity index is 1.89. The largest absolute Gasteiger partial charge is 0.488 e. The molecule has 0 radical (unpaired) electrons. The summed E-state index contributed by atoms with van der Waals surface area (Å²) in [5.74, 6) is 0.865. The van der Waals surface area contributed by atoms with Gasteiger partial charge in [-0.05, 0) is 37.6 Å². The SMILES string of the molecule is CC(C)N1C(=O)/C(=C/C2=Cc3ccccc3OC2)SC1=S. The molecule has 108 valence electrons. The molecule has 21 heavy (non-hydrogen) atoms. The van der Waals surface area contributed by atoms with E-state index in [2.05, 4.69) is 6.08 Å². The molecule has 0 atom stereocenters. The van der Waals surface area contributed by atoms with E-state index < -0.39 is 0 Å². The number of thiocarbonyl (C=S) groups is 1. The number of thioether (sulfide) groups is 1. The molecule has 1 fully saturated rings. The summed E-state index contributed by atoms with van der Waals surface area (Å²) in [5.41, 5.74) is 2.02. The first-order valence-corrected chi connectivity index (χ1v) is 7.98. The highest BCUT2D eigenvalue weighted by molar-refractivity contribution is 8.26. The minimum absolute atomic E-state index is 0.0141. The van der Waals surface area contributed by atoms with E-state index >= 15 is 0 Å². The van der Waals surface area contributed by atoms with Gasteiger partial charge in [0.25, 0.3) is 5.91 Å². The van der Waals surface area contributed by atoms with Crippen LogP contribution in [0.4, 0.5) is 0 Å². The lowest BCUT2D eigenvalue weighted by atomic mass is 10.1. The topological polar surface area (TPSA) is 29.5 Å². The van der Waals surface area contributed by atoms with Crippen LogP contribution in [0.15, 0.2) is 40.8 Å². The highest BCUT2D eigenvalue weighted by atomic mass is 32.2. The van der Waals surface area contributed by atoms with E-state index in [9.17, 15) is 4.79 Å². The fourth-order valence-electron chi connectivity index (χ4n) is 2.31. The fourth-order valence-corrected chi connectivity index (χ4v) is 3.85. The predicted octanol–water partition coefficient (Wildman–Crippen LogP) is 3.62. The number of para-hydroxylation sites is 1. The van der Waals surface area contributed by atoms with Gasteiger partial charge >= 0.3 is 0 Å². The number of benzene rings is 1. The molecule has 1 saturated heterocycles. The third-order valence-electron chi connectivity index (χ3n) is 3.31. The molecule has 2 aliphatic rings. The molecule has 0 spiro atoms. The summed E-state index contributed by atoms with van der Waals surface area (Å²) >= 11 is 6.64. The van der Waals surface area contributed by atoms with Crippen LogP contribution in [0, 0.1) is 0 Å². The Bertz CT molecular complexity index is 677. The van der Waals surface area contributed by atoms with Crippen LogP contribution in [-0.2, 0) is 4.79 Å². The molecule has 5 heteroatoms. The fraction of sp³-hybridized carbons (Fsp3) is 0.250. The standard InChI is InChI=1S/C16H15NO2S2/c1-10(2)17-15(18)14(21-16(17)20)8-11-7-12-5-3-4-6-13(12)19-9-11/h3-8,10H,9H2,1-2H3/b14-8-. The minimum Gasteiger partial charge on any atom is -0.488 e. The number of carbonyl (C=O) groups is 1.